The van der Waals surface area contributed by atoms with Crippen LogP contribution in [0.15, 0.2) is 0 Å². The van der Waals surface area contributed by atoms with Crippen molar-refractivity contribution in [2.75, 3.05) is 5.73 Å². The first-order valence-corrected chi connectivity index (χ1v) is 8.21. The number of thiophene rings is 1. The maximum atomic E-state index is 12.3. The van der Waals surface area contributed by atoms with Crippen molar-refractivity contribution < 1.29 is 4.79 Å². The highest BCUT2D eigenvalue weighted by Gasteiger charge is 2.30. The van der Waals surface area contributed by atoms with Crippen molar-refractivity contribution in [1.29, 1.82) is 0 Å². The van der Waals surface area contributed by atoms with Gasteiger partial charge < -0.3 is 11.1 Å². The van der Waals surface area contributed by atoms with E-state index in [4.69, 9.17) is 5.73 Å². The lowest BCUT2D eigenvalue weighted by Crippen LogP contribution is -2.27. The number of amides is 1. The lowest BCUT2D eigenvalue weighted by Gasteiger charge is -2.22. The summed E-state index contributed by atoms with van der Waals surface area (Å²) in [5.74, 6) is 0.848. The minimum Gasteiger partial charge on any atom is -0.390 e. The molecule has 0 saturated heterocycles. The van der Waals surface area contributed by atoms with Gasteiger partial charge in [-0.25, -0.2) is 0 Å². The highest BCUT2D eigenvalue weighted by atomic mass is 32.1. The van der Waals surface area contributed by atoms with Crippen molar-refractivity contribution in [2.24, 2.45) is 5.92 Å². The SMILES string of the molecule is CCCC1CCc2c(sc(N)c2C(=O)NC2CC2)C1. The maximum absolute atomic E-state index is 12.3. The normalized spacial score (nSPS) is 22.1. The molecule has 1 aromatic heterocycles. The Balaban J connectivity index is 1.80. The zero-order valence-corrected chi connectivity index (χ0v) is 12.3. The van der Waals surface area contributed by atoms with E-state index in [1.165, 1.54) is 29.7 Å². The van der Waals surface area contributed by atoms with E-state index in [9.17, 15) is 4.79 Å². The van der Waals surface area contributed by atoms with Crippen LogP contribution in [0.1, 0.15) is 59.8 Å². The van der Waals surface area contributed by atoms with Crippen LogP contribution in [-0.4, -0.2) is 11.9 Å². The molecule has 1 unspecified atom stereocenters. The van der Waals surface area contributed by atoms with Gasteiger partial charge in [-0.2, -0.15) is 0 Å². The fourth-order valence-corrected chi connectivity index (χ4v) is 4.29. The molecule has 0 aliphatic heterocycles. The Morgan fingerprint density at radius 1 is 1.42 bits per heavy atom. The van der Waals surface area contributed by atoms with Crippen molar-refractivity contribution >= 4 is 22.2 Å². The second-order valence-corrected chi connectivity index (χ2v) is 7.03. The van der Waals surface area contributed by atoms with Crippen LogP contribution in [0.5, 0.6) is 0 Å². The first kappa shape index (κ1) is 13.0. The first-order valence-electron chi connectivity index (χ1n) is 7.40. The molecule has 3 nitrogen and oxygen atoms in total. The molecule has 1 heterocycles. The molecule has 1 saturated carbocycles. The number of fused-ring (bicyclic) bond motifs is 1. The second-order valence-electron chi connectivity index (χ2n) is 5.89. The highest BCUT2D eigenvalue weighted by molar-refractivity contribution is 7.16. The van der Waals surface area contributed by atoms with Gasteiger partial charge in [0.05, 0.1) is 10.6 Å². The summed E-state index contributed by atoms with van der Waals surface area (Å²) in [5, 5.41) is 3.79. The summed E-state index contributed by atoms with van der Waals surface area (Å²) < 4.78 is 0. The zero-order valence-electron chi connectivity index (χ0n) is 11.5. The molecule has 1 atom stereocenters. The van der Waals surface area contributed by atoms with Crippen molar-refractivity contribution in [2.45, 2.75) is 57.9 Å². The summed E-state index contributed by atoms with van der Waals surface area (Å²) in [5.41, 5.74) is 8.13. The molecule has 0 spiro atoms. The Kier molecular flexibility index (Phi) is 3.52. The molecule has 0 aromatic carbocycles. The van der Waals surface area contributed by atoms with Gasteiger partial charge in [-0.3, -0.25) is 4.79 Å². The van der Waals surface area contributed by atoms with Crippen LogP contribution in [0, 0.1) is 5.92 Å². The molecular formula is C15H22N2OS. The van der Waals surface area contributed by atoms with E-state index in [1.54, 1.807) is 11.3 Å². The van der Waals surface area contributed by atoms with Crippen LogP contribution in [0.2, 0.25) is 0 Å². The smallest absolute Gasteiger partial charge is 0.254 e. The summed E-state index contributed by atoms with van der Waals surface area (Å²) in [6.07, 6.45) is 8.14. The number of carbonyl (C=O) groups excluding carboxylic acids is 1. The molecule has 3 rings (SSSR count). The fourth-order valence-electron chi connectivity index (χ4n) is 3.06. The first-order chi connectivity index (χ1) is 9.19. The van der Waals surface area contributed by atoms with E-state index in [-0.39, 0.29) is 5.91 Å². The third-order valence-corrected chi connectivity index (χ3v) is 5.31. The van der Waals surface area contributed by atoms with E-state index in [0.29, 0.717) is 6.04 Å². The van der Waals surface area contributed by atoms with Crippen molar-refractivity contribution in [3.8, 4) is 0 Å². The van der Waals surface area contributed by atoms with Crippen LogP contribution < -0.4 is 11.1 Å². The Hall–Kier alpha value is -1.03. The molecule has 0 radical (unpaired) electrons. The largest absolute Gasteiger partial charge is 0.390 e. The number of rotatable bonds is 4. The summed E-state index contributed by atoms with van der Waals surface area (Å²) in [6.45, 7) is 2.24. The minimum atomic E-state index is 0.0615. The van der Waals surface area contributed by atoms with Gasteiger partial charge in [0.1, 0.15) is 0 Å². The van der Waals surface area contributed by atoms with Gasteiger partial charge >= 0.3 is 0 Å². The summed E-state index contributed by atoms with van der Waals surface area (Å²) >= 11 is 1.64. The number of hydrogen-bond donors (Lipinski definition) is 2. The number of nitrogens with one attached hydrogen (secondary N) is 1. The Morgan fingerprint density at radius 3 is 2.89 bits per heavy atom. The van der Waals surface area contributed by atoms with Crippen LogP contribution in [0.4, 0.5) is 5.00 Å². The summed E-state index contributed by atoms with van der Waals surface area (Å²) in [4.78, 5) is 13.6. The quantitative estimate of drug-likeness (QED) is 0.889. The molecule has 3 N–H and O–H groups in total. The molecular weight excluding hydrogens is 256 g/mol. The molecule has 2 aliphatic rings. The van der Waals surface area contributed by atoms with Crippen molar-refractivity contribution in [1.82, 2.24) is 5.32 Å². The molecule has 1 aromatic rings. The van der Waals surface area contributed by atoms with Crippen LogP contribution in [0.3, 0.4) is 0 Å². The third-order valence-electron chi connectivity index (χ3n) is 4.23. The number of hydrogen-bond acceptors (Lipinski definition) is 3. The number of nitrogen functional groups attached to an aromatic ring is 1. The Morgan fingerprint density at radius 2 is 2.21 bits per heavy atom. The van der Waals surface area contributed by atoms with E-state index >= 15 is 0 Å². The van der Waals surface area contributed by atoms with Gasteiger partial charge in [-0.1, -0.05) is 19.8 Å². The predicted molar refractivity (Wildman–Crippen MR) is 79.6 cm³/mol. The van der Waals surface area contributed by atoms with E-state index in [0.717, 1.165) is 42.2 Å². The Labute approximate surface area is 118 Å². The van der Waals surface area contributed by atoms with Gasteiger partial charge in [-0.15, -0.1) is 11.3 Å². The van der Waals surface area contributed by atoms with E-state index in [1.807, 2.05) is 0 Å². The number of anilines is 1. The predicted octanol–water partition coefficient (Wildman–Crippen LogP) is 3.13. The standard InChI is InChI=1S/C15H22N2OS/c1-2-3-9-4-7-11-12(8-9)19-14(16)13(11)15(18)17-10-5-6-10/h9-10H,2-8,16H2,1H3,(H,17,18). The topological polar surface area (TPSA) is 55.1 Å². The lowest BCUT2D eigenvalue weighted by atomic mass is 9.84. The molecule has 0 bridgehead atoms. The number of nitrogens with two attached hydrogens (primary N) is 1. The zero-order chi connectivity index (χ0) is 13.4. The Bertz CT molecular complexity index is 491. The van der Waals surface area contributed by atoms with Crippen LogP contribution in [0.25, 0.3) is 0 Å². The monoisotopic (exact) mass is 278 g/mol. The van der Waals surface area contributed by atoms with Gasteiger partial charge in [0, 0.05) is 10.9 Å². The number of carbonyl (C=O) groups is 1. The van der Waals surface area contributed by atoms with Crippen LogP contribution >= 0.6 is 11.3 Å². The average molecular weight is 278 g/mol. The molecule has 4 heteroatoms. The summed E-state index contributed by atoms with van der Waals surface area (Å²) in [7, 11) is 0. The second kappa shape index (κ2) is 5.16. The third kappa shape index (κ3) is 2.64. The fraction of sp³-hybridized carbons (Fsp3) is 0.667. The molecule has 1 fully saturated rings. The average Bonchev–Trinajstić information content (AvgIpc) is 3.10. The van der Waals surface area contributed by atoms with Crippen molar-refractivity contribution in [3.05, 3.63) is 16.0 Å². The summed E-state index contributed by atoms with van der Waals surface area (Å²) in [6, 6.07) is 0.402. The highest BCUT2D eigenvalue weighted by Crippen LogP contribution is 2.39. The maximum Gasteiger partial charge on any atom is 0.254 e. The molecule has 19 heavy (non-hydrogen) atoms. The molecule has 104 valence electrons. The van der Waals surface area contributed by atoms with E-state index < -0.39 is 0 Å². The van der Waals surface area contributed by atoms with Crippen molar-refractivity contribution in [3.63, 3.8) is 0 Å². The lowest BCUT2D eigenvalue weighted by molar-refractivity contribution is 0.0951. The minimum absolute atomic E-state index is 0.0615. The van der Waals surface area contributed by atoms with Gasteiger partial charge in [0.25, 0.3) is 5.91 Å². The van der Waals surface area contributed by atoms with Gasteiger partial charge in [0.2, 0.25) is 0 Å². The molecule has 1 amide bonds. The van der Waals surface area contributed by atoms with E-state index in [2.05, 4.69) is 12.2 Å². The van der Waals surface area contributed by atoms with Gasteiger partial charge in [0.15, 0.2) is 0 Å². The van der Waals surface area contributed by atoms with Gasteiger partial charge in [-0.05, 0) is 43.6 Å². The van der Waals surface area contributed by atoms with Crippen LogP contribution in [-0.2, 0) is 12.8 Å². The molecule has 2 aliphatic carbocycles.